The van der Waals surface area contributed by atoms with Crippen molar-refractivity contribution < 1.29 is 13.2 Å². The third-order valence-corrected chi connectivity index (χ3v) is 5.63. The van der Waals surface area contributed by atoms with E-state index in [1.165, 1.54) is 19.2 Å². The highest BCUT2D eigenvalue weighted by Crippen LogP contribution is 2.28. The molecule has 0 aliphatic carbocycles. The van der Waals surface area contributed by atoms with Crippen LogP contribution in [0.15, 0.2) is 52.0 Å². The predicted molar refractivity (Wildman–Crippen MR) is 96.9 cm³/mol. The molecule has 3 aromatic rings. The molecule has 3 rings (SSSR count). The first kappa shape index (κ1) is 16.8. The van der Waals surface area contributed by atoms with Gasteiger partial charge in [-0.15, -0.1) is 0 Å². The number of sulfonamides is 1. The molecule has 24 heavy (non-hydrogen) atoms. The van der Waals surface area contributed by atoms with Crippen LogP contribution in [0, 0.1) is 0 Å². The summed E-state index contributed by atoms with van der Waals surface area (Å²) in [6.45, 7) is 2.70. The van der Waals surface area contributed by atoms with Crippen molar-refractivity contribution in [1.82, 2.24) is 9.78 Å². The summed E-state index contributed by atoms with van der Waals surface area (Å²) < 4.78 is 35.3. The molecule has 0 unspecified atom stereocenters. The molecule has 1 heterocycles. The summed E-state index contributed by atoms with van der Waals surface area (Å²) in [5.74, 6) is 0.571. The Morgan fingerprint density at radius 2 is 2.04 bits per heavy atom. The summed E-state index contributed by atoms with van der Waals surface area (Å²) in [6.07, 6.45) is 1.76. The first-order chi connectivity index (χ1) is 11.4. The highest BCUT2D eigenvalue weighted by atomic mass is 79.9. The van der Waals surface area contributed by atoms with Gasteiger partial charge in [-0.3, -0.25) is 9.40 Å². The standard InChI is InChI=1S/C16H16BrN3O3S/c1-3-20-15-8-12(5-4-11(15)10-18-20)19-24(21,22)13-6-7-16(23-2)14(17)9-13/h4-10,19H,3H2,1-2H3. The van der Waals surface area contributed by atoms with Crippen LogP contribution >= 0.6 is 15.9 Å². The molecular formula is C16H16BrN3O3S. The second-order valence-corrected chi connectivity index (χ2v) is 7.67. The number of methoxy groups -OCH3 is 1. The molecule has 0 fully saturated rings. The van der Waals surface area contributed by atoms with E-state index in [1.807, 2.05) is 17.7 Å². The Balaban J connectivity index is 1.95. The fraction of sp³-hybridized carbons (Fsp3) is 0.188. The van der Waals surface area contributed by atoms with Crippen molar-refractivity contribution in [3.63, 3.8) is 0 Å². The maximum Gasteiger partial charge on any atom is 0.261 e. The minimum atomic E-state index is -3.70. The van der Waals surface area contributed by atoms with Crippen molar-refractivity contribution >= 4 is 42.5 Å². The topological polar surface area (TPSA) is 73.2 Å². The monoisotopic (exact) mass is 409 g/mol. The molecule has 0 atom stereocenters. The summed E-state index contributed by atoms with van der Waals surface area (Å²) >= 11 is 3.30. The minimum absolute atomic E-state index is 0.152. The Bertz CT molecular complexity index is 999. The van der Waals surface area contributed by atoms with E-state index in [2.05, 4.69) is 25.8 Å². The predicted octanol–water partition coefficient (Wildman–Crippen LogP) is 3.63. The van der Waals surface area contributed by atoms with Crippen LogP contribution in [0.5, 0.6) is 5.75 Å². The number of benzene rings is 2. The number of fused-ring (bicyclic) bond motifs is 1. The highest BCUT2D eigenvalue weighted by Gasteiger charge is 2.16. The van der Waals surface area contributed by atoms with Crippen LogP contribution in [0.25, 0.3) is 10.9 Å². The van der Waals surface area contributed by atoms with Crippen molar-refractivity contribution in [2.75, 3.05) is 11.8 Å². The quantitative estimate of drug-likeness (QED) is 0.697. The van der Waals surface area contributed by atoms with Crippen molar-refractivity contribution in [2.45, 2.75) is 18.4 Å². The molecular weight excluding hydrogens is 394 g/mol. The number of anilines is 1. The molecule has 8 heteroatoms. The van der Waals surface area contributed by atoms with Gasteiger partial charge >= 0.3 is 0 Å². The van der Waals surface area contributed by atoms with Crippen molar-refractivity contribution in [3.8, 4) is 5.75 Å². The number of hydrogen-bond donors (Lipinski definition) is 1. The third kappa shape index (κ3) is 3.11. The lowest BCUT2D eigenvalue weighted by atomic mass is 10.2. The van der Waals surface area contributed by atoms with E-state index in [1.54, 1.807) is 24.4 Å². The Labute approximate surface area is 148 Å². The summed E-state index contributed by atoms with van der Waals surface area (Å²) in [6, 6.07) is 9.96. The van der Waals surface area contributed by atoms with E-state index >= 15 is 0 Å². The van der Waals surface area contributed by atoms with Gasteiger partial charge < -0.3 is 4.74 Å². The lowest BCUT2D eigenvalue weighted by Gasteiger charge is -2.10. The summed E-state index contributed by atoms with van der Waals surface area (Å²) in [5.41, 5.74) is 1.37. The van der Waals surface area contributed by atoms with Gasteiger partial charge in [0.05, 0.1) is 33.9 Å². The van der Waals surface area contributed by atoms with Crippen molar-refractivity contribution in [3.05, 3.63) is 47.1 Å². The maximum absolute atomic E-state index is 12.6. The van der Waals surface area contributed by atoms with Gasteiger partial charge in [0.1, 0.15) is 5.75 Å². The van der Waals surface area contributed by atoms with E-state index in [0.717, 1.165) is 10.9 Å². The zero-order chi connectivity index (χ0) is 17.3. The van der Waals surface area contributed by atoms with Crippen LogP contribution in [-0.2, 0) is 16.6 Å². The molecule has 1 N–H and O–H groups in total. The lowest BCUT2D eigenvalue weighted by molar-refractivity contribution is 0.411. The van der Waals surface area contributed by atoms with Gasteiger partial charge in [-0.2, -0.15) is 5.10 Å². The second kappa shape index (κ2) is 6.45. The fourth-order valence-corrected chi connectivity index (χ4v) is 4.18. The SMILES string of the molecule is CCn1ncc2ccc(NS(=O)(=O)c3ccc(OC)c(Br)c3)cc21. The molecule has 0 amide bonds. The fourth-order valence-electron chi connectivity index (χ4n) is 2.41. The van der Waals surface area contributed by atoms with E-state index in [9.17, 15) is 8.42 Å². The molecule has 0 aliphatic heterocycles. The molecule has 6 nitrogen and oxygen atoms in total. The molecule has 0 spiro atoms. The van der Waals surface area contributed by atoms with Crippen LogP contribution in [-0.4, -0.2) is 25.3 Å². The molecule has 0 saturated heterocycles. The summed E-state index contributed by atoms with van der Waals surface area (Å²) in [5, 5.41) is 5.22. The Kier molecular flexibility index (Phi) is 4.51. The van der Waals surface area contributed by atoms with E-state index in [4.69, 9.17) is 4.74 Å². The first-order valence-electron chi connectivity index (χ1n) is 7.26. The number of aryl methyl sites for hydroxylation is 1. The molecule has 0 radical (unpaired) electrons. The zero-order valence-corrected chi connectivity index (χ0v) is 15.6. The van der Waals surface area contributed by atoms with Crippen LogP contribution in [0.4, 0.5) is 5.69 Å². The largest absolute Gasteiger partial charge is 0.496 e. The van der Waals surface area contributed by atoms with Gasteiger partial charge in [-0.25, -0.2) is 8.42 Å². The van der Waals surface area contributed by atoms with E-state index in [-0.39, 0.29) is 4.90 Å². The molecule has 1 aromatic heterocycles. The average molecular weight is 410 g/mol. The lowest BCUT2D eigenvalue weighted by Crippen LogP contribution is -2.13. The van der Waals surface area contributed by atoms with E-state index < -0.39 is 10.0 Å². The smallest absolute Gasteiger partial charge is 0.261 e. The molecule has 0 aliphatic rings. The van der Waals surface area contributed by atoms with Gasteiger partial charge in [-0.1, -0.05) is 0 Å². The molecule has 126 valence electrons. The van der Waals surface area contributed by atoms with Crippen LogP contribution in [0.1, 0.15) is 6.92 Å². The van der Waals surface area contributed by atoms with Gasteiger partial charge in [0.2, 0.25) is 0 Å². The first-order valence-corrected chi connectivity index (χ1v) is 9.54. The van der Waals surface area contributed by atoms with Gasteiger partial charge in [-0.05, 0) is 59.3 Å². The normalized spacial score (nSPS) is 11.6. The van der Waals surface area contributed by atoms with Crippen LogP contribution in [0.2, 0.25) is 0 Å². The van der Waals surface area contributed by atoms with Crippen LogP contribution < -0.4 is 9.46 Å². The number of halogens is 1. The molecule has 0 bridgehead atoms. The van der Waals surface area contributed by atoms with E-state index in [0.29, 0.717) is 22.5 Å². The van der Waals surface area contributed by atoms with Crippen molar-refractivity contribution in [2.24, 2.45) is 0 Å². The summed E-state index contributed by atoms with van der Waals surface area (Å²) in [7, 11) is -2.17. The van der Waals surface area contributed by atoms with Crippen molar-refractivity contribution in [1.29, 1.82) is 0 Å². The van der Waals surface area contributed by atoms with Gasteiger partial charge in [0.15, 0.2) is 0 Å². The third-order valence-electron chi connectivity index (χ3n) is 3.63. The summed E-state index contributed by atoms with van der Waals surface area (Å²) in [4.78, 5) is 0.152. The Morgan fingerprint density at radius 3 is 2.71 bits per heavy atom. The number of nitrogens with zero attached hydrogens (tertiary/aromatic N) is 2. The number of ether oxygens (including phenoxy) is 1. The minimum Gasteiger partial charge on any atom is -0.496 e. The zero-order valence-electron chi connectivity index (χ0n) is 13.2. The number of rotatable bonds is 5. The van der Waals surface area contributed by atoms with Gasteiger partial charge in [0.25, 0.3) is 10.0 Å². The Morgan fingerprint density at radius 1 is 1.25 bits per heavy atom. The van der Waals surface area contributed by atoms with Crippen LogP contribution in [0.3, 0.4) is 0 Å². The number of hydrogen-bond acceptors (Lipinski definition) is 4. The Hall–Kier alpha value is -2.06. The number of nitrogens with one attached hydrogen (secondary N) is 1. The number of aromatic nitrogens is 2. The molecule has 0 saturated carbocycles. The van der Waals surface area contributed by atoms with Gasteiger partial charge in [0, 0.05) is 11.9 Å². The molecule has 2 aromatic carbocycles. The highest BCUT2D eigenvalue weighted by molar-refractivity contribution is 9.10. The average Bonchev–Trinajstić information content (AvgIpc) is 2.96. The second-order valence-electron chi connectivity index (χ2n) is 5.14. The maximum atomic E-state index is 12.6.